The van der Waals surface area contributed by atoms with Crippen molar-refractivity contribution < 1.29 is 14.0 Å². The molecule has 0 radical (unpaired) electrons. The average Bonchev–Trinajstić information content (AvgIpc) is 2.75. The van der Waals surface area contributed by atoms with Crippen molar-refractivity contribution in [1.82, 2.24) is 0 Å². The quantitative estimate of drug-likeness (QED) is 0.581. The number of anilines is 1. The lowest BCUT2D eigenvalue weighted by Crippen LogP contribution is -2.38. The summed E-state index contributed by atoms with van der Waals surface area (Å²) >= 11 is 0. The lowest BCUT2D eigenvalue weighted by atomic mass is 9.63. The summed E-state index contributed by atoms with van der Waals surface area (Å²) in [5, 5.41) is 0. The first-order valence-corrected chi connectivity index (χ1v) is 6.99. The van der Waals surface area contributed by atoms with Gasteiger partial charge in [0.2, 0.25) is 11.8 Å². The van der Waals surface area contributed by atoms with Crippen LogP contribution in [-0.4, -0.2) is 11.8 Å². The summed E-state index contributed by atoms with van der Waals surface area (Å²) in [7, 11) is 0. The minimum absolute atomic E-state index is 0.0938. The lowest BCUT2D eigenvalue weighted by Gasteiger charge is -2.38. The van der Waals surface area contributed by atoms with Crippen molar-refractivity contribution >= 4 is 17.5 Å². The zero-order valence-electron chi connectivity index (χ0n) is 10.8. The zero-order valence-corrected chi connectivity index (χ0v) is 10.8. The fraction of sp³-hybridized carbons (Fsp3) is 0.375. The molecule has 2 amide bonds. The maximum atomic E-state index is 13.9. The Bertz CT molecular complexity index is 607. The highest BCUT2D eigenvalue weighted by Gasteiger charge is 2.57. The van der Waals surface area contributed by atoms with Gasteiger partial charge in [-0.3, -0.25) is 9.59 Å². The van der Waals surface area contributed by atoms with Crippen molar-refractivity contribution in [2.24, 2.45) is 23.7 Å². The Kier molecular flexibility index (Phi) is 2.37. The molecular weight excluding hydrogens is 257 g/mol. The average molecular weight is 271 g/mol. The molecule has 0 aromatic heterocycles. The number of imide groups is 1. The number of hydrogen-bond donors (Lipinski definition) is 0. The summed E-state index contributed by atoms with van der Waals surface area (Å²) in [5.41, 5.74) is 0.0938. The Morgan fingerprint density at radius 1 is 0.950 bits per heavy atom. The van der Waals surface area contributed by atoms with Crippen LogP contribution in [0.5, 0.6) is 0 Å². The maximum Gasteiger partial charge on any atom is 0.238 e. The number of rotatable bonds is 1. The van der Waals surface area contributed by atoms with Crippen LogP contribution in [0.3, 0.4) is 0 Å². The first-order valence-electron chi connectivity index (χ1n) is 6.99. The van der Waals surface area contributed by atoms with Crippen LogP contribution in [0.4, 0.5) is 10.1 Å². The molecule has 4 atom stereocenters. The number of halogens is 1. The second-order valence-corrected chi connectivity index (χ2v) is 5.80. The fourth-order valence-electron chi connectivity index (χ4n) is 3.94. The van der Waals surface area contributed by atoms with Crippen molar-refractivity contribution in [2.45, 2.75) is 12.8 Å². The molecular formula is C16H14FNO2. The van der Waals surface area contributed by atoms with Crippen LogP contribution in [0, 0.1) is 29.5 Å². The number of fused-ring (bicyclic) bond motifs is 1. The van der Waals surface area contributed by atoms with Gasteiger partial charge in [-0.15, -0.1) is 0 Å². The predicted molar refractivity (Wildman–Crippen MR) is 71.2 cm³/mol. The number of benzene rings is 1. The minimum Gasteiger partial charge on any atom is -0.274 e. The van der Waals surface area contributed by atoms with Gasteiger partial charge in [-0.1, -0.05) is 24.3 Å². The van der Waals surface area contributed by atoms with Gasteiger partial charge in [0.1, 0.15) is 5.82 Å². The molecule has 1 aromatic rings. The van der Waals surface area contributed by atoms with Gasteiger partial charge in [0.05, 0.1) is 17.5 Å². The zero-order chi connectivity index (χ0) is 13.9. The number of carbonyl (C=O) groups excluding carboxylic acids is 2. The van der Waals surface area contributed by atoms with Crippen LogP contribution >= 0.6 is 0 Å². The van der Waals surface area contributed by atoms with E-state index in [1.165, 1.54) is 12.1 Å². The van der Waals surface area contributed by atoms with Crippen molar-refractivity contribution in [3.63, 3.8) is 0 Å². The van der Waals surface area contributed by atoms with E-state index >= 15 is 0 Å². The molecule has 102 valence electrons. The normalized spacial score (nSPS) is 34.8. The van der Waals surface area contributed by atoms with Gasteiger partial charge in [-0.2, -0.15) is 0 Å². The van der Waals surface area contributed by atoms with E-state index in [4.69, 9.17) is 0 Å². The van der Waals surface area contributed by atoms with E-state index < -0.39 is 5.82 Å². The van der Waals surface area contributed by atoms with E-state index in [1.54, 1.807) is 12.1 Å². The molecule has 1 saturated carbocycles. The van der Waals surface area contributed by atoms with Crippen molar-refractivity contribution in [1.29, 1.82) is 0 Å². The van der Waals surface area contributed by atoms with Crippen LogP contribution in [-0.2, 0) is 9.59 Å². The van der Waals surface area contributed by atoms with Gasteiger partial charge in [0.15, 0.2) is 0 Å². The summed E-state index contributed by atoms with van der Waals surface area (Å²) in [5.74, 6) is -1.28. The molecule has 1 aromatic carbocycles. The number of allylic oxidation sites excluding steroid dienone is 2. The molecule has 4 heteroatoms. The molecule has 5 rings (SSSR count). The van der Waals surface area contributed by atoms with E-state index in [9.17, 15) is 14.0 Å². The van der Waals surface area contributed by atoms with E-state index in [2.05, 4.69) is 12.2 Å². The van der Waals surface area contributed by atoms with Crippen LogP contribution in [0.25, 0.3) is 0 Å². The molecule has 0 spiro atoms. The van der Waals surface area contributed by atoms with Crippen molar-refractivity contribution in [3.8, 4) is 0 Å². The highest BCUT2D eigenvalue weighted by Crippen LogP contribution is 2.50. The van der Waals surface area contributed by atoms with Crippen molar-refractivity contribution in [3.05, 3.63) is 42.2 Å². The second-order valence-electron chi connectivity index (χ2n) is 5.80. The third kappa shape index (κ3) is 1.39. The second kappa shape index (κ2) is 4.01. The smallest absolute Gasteiger partial charge is 0.238 e. The monoisotopic (exact) mass is 271 g/mol. The molecule has 20 heavy (non-hydrogen) atoms. The van der Waals surface area contributed by atoms with E-state index in [0.717, 1.165) is 17.7 Å². The summed E-state index contributed by atoms with van der Waals surface area (Å²) < 4.78 is 13.9. The summed E-state index contributed by atoms with van der Waals surface area (Å²) in [6.07, 6.45) is 6.02. The minimum atomic E-state index is -0.520. The molecule has 0 N–H and O–H groups in total. The Morgan fingerprint density at radius 3 is 2.00 bits per heavy atom. The number of carbonyl (C=O) groups is 2. The number of para-hydroxylation sites is 1. The number of amides is 2. The molecule has 4 aliphatic rings. The maximum absolute atomic E-state index is 13.9. The van der Waals surface area contributed by atoms with Gasteiger partial charge in [-0.05, 0) is 36.8 Å². The SMILES string of the molecule is O=C1[C@@H]2[C@H](C(=O)N1c1ccccc1F)[C@H]1C=C[C@@H]2CC1. The topological polar surface area (TPSA) is 37.4 Å². The van der Waals surface area contributed by atoms with Gasteiger partial charge in [0, 0.05) is 0 Å². The first-order chi connectivity index (χ1) is 9.68. The van der Waals surface area contributed by atoms with Crippen LogP contribution in [0.2, 0.25) is 0 Å². The molecule has 0 unspecified atom stereocenters. The van der Waals surface area contributed by atoms with E-state index in [0.29, 0.717) is 0 Å². The van der Waals surface area contributed by atoms with Gasteiger partial charge < -0.3 is 0 Å². The van der Waals surface area contributed by atoms with Crippen LogP contribution in [0.1, 0.15) is 12.8 Å². The van der Waals surface area contributed by atoms with Crippen LogP contribution in [0.15, 0.2) is 36.4 Å². The number of hydrogen-bond acceptors (Lipinski definition) is 2. The van der Waals surface area contributed by atoms with E-state index in [1.807, 2.05) is 0 Å². The standard InChI is InChI=1S/C16H14FNO2/c17-11-3-1-2-4-12(11)18-15(19)13-9-5-6-10(8-7-9)14(13)16(18)20/h1-6,9-10,13-14H,7-8H2/t9-,10+,13+,14-. The molecule has 2 bridgehead atoms. The largest absolute Gasteiger partial charge is 0.274 e. The molecule has 1 heterocycles. The molecule has 2 fully saturated rings. The molecule has 3 aliphatic carbocycles. The third-order valence-electron chi connectivity index (χ3n) is 4.85. The Hall–Kier alpha value is -1.97. The van der Waals surface area contributed by atoms with Gasteiger partial charge in [-0.25, -0.2) is 9.29 Å². The third-order valence-corrected chi connectivity index (χ3v) is 4.85. The summed E-state index contributed by atoms with van der Waals surface area (Å²) in [6.45, 7) is 0. The predicted octanol–water partition coefficient (Wildman–Crippen LogP) is 2.53. The van der Waals surface area contributed by atoms with Gasteiger partial charge >= 0.3 is 0 Å². The Balaban J connectivity index is 1.80. The fourth-order valence-corrected chi connectivity index (χ4v) is 3.94. The van der Waals surface area contributed by atoms with E-state index in [-0.39, 0.29) is 41.2 Å². The van der Waals surface area contributed by atoms with Crippen LogP contribution < -0.4 is 4.90 Å². The molecule has 1 saturated heterocycles. The lowest BCUT2D eigenvalue weighted by molar-refractivity contribution is -0.124. The number of nitrogens with zero attached hydrogens (tertiary/aromatic N) is 1. The summed E-state index contributed by atoms with van der Waals surface area (Å²) in [4.78, 5) is 26.3. The Labute approximate surface area is 116 Å². The first kappa shape index (κ1) is 11.8. The molecule has 3 nitrogen and oxygen atoms in total. The van der Waals surface area contributed by atoms with Gasteiger partial charge in [0.25, 0.3) is 0 Å². The highest BCUT2D eigenvalue weighted by molar-refractivity contribution is 6.22. The van der Waals surface area contributed by atoms with Crippen molar-refractivity contribution in [2.75, 3.05) is 4.90 Å². The highest BCUT2D eigenvalue weighted by atomic mass is 19.1. The summed E-state index contributed by atoms with van der Waals surface area (Å²) in [6, 6.07) is 5.98. The molecule has 1 aliphatic heterocycles. The Morgan fingerprint density at radius 2 is 1.50 bits per heavy atom.